The molecule has 0 radical (unpaired) electrons. The molecule has 1 saturated carbocycles. The van der Waals surface area contributed by atoms with Crippen LogP contribution in [0.4, 0.5) is 10.8 Å². The zero-order valence-electron chi connectivity index (χ0n) is 12.2. The monoisotopic (exact) mass is 326 g/mol. The van der Waals surface area contributed by atoms with E-state index in [1.54, 1.807) is 29.6 Å². The Hall–Kier alpha value is -2.72. The lowest BCUT2D eigenvalue weighted by Gasteiger charge is -2.03. The first-order valence-electron chi connectivity index (χ1n) is 7.19. The first kappa shape index (κ1) is 15.2. The molecule has 0 aliphatic heterocycles. The molecule has 7 heteroatoms. The smallest absolute Gasteiger partial charge is 0.230 e. The van der Waals surface area contributed by atoms with Crippen LogP contribution in [0.25, 0.3) is 0 Å². The summed E-state index contributed by atoms with van der Waals surface area (Å²) >= 11 is 1.32. The van der Waals surface area contributed by atoms with E-state index in [0.29, 0.717) is 22.1 Å². The van der Waals surface area contributed by atoms with Gasteiger partial charge in [-0.1, -0.05) is 0 Å². The number of anilines is 2. The van der Waals surface area contributed by atoms with E-state index in [0.717, 1.165) is 12.8 Å². The second-order valence-corrected chi connectivity index (χ2v) is 6.18. The minimum Gasteiger partial charge on any atom is -0.326 e. The summed E-state index contributed by atoms with van der Waals surface area (Å²) < 4.78 is 0. The lowest BCUT2D eigenvalue weighted by atomic mass is 10.2. The fourth-order valence-electron chi connectivity index (χ4n) is 2.00. The molecule has 0 spiro atoms. The van der Waals surface area contributed by atoms with Crippen molar-refractivity contribution < 1.29 is 9.59 Å². The normalized spacial score (nSPS) is 13.2. The highest BCUT2D eigenvalue weighted by Crippen LogP contribution is 2.30. The van der Waals surface area contributed by atoms with E-state index < -0.39 is 0 Å². The van der Waals surface area contributed by atoms with E-state index in [1.807, 2.05) is 6.07 Å². The summed E-state index contributed by atoms with van der Waals surface area (Å²) in [5.74, 6) is -0.0601. The molecule has 1 fully saturated rings. The number of aromatic nitrogens is 1. The molecule has 0 unspecified atom stereocenters. The molecule has 2 N–H and O–H groups in total. The lowest BCUT2D eigenvalue weighted by Crippen LogP contribution is -2.15. The number of benzene rings is 1. The van der Waals surface area contributed by atoms with Gasteiger partial charge in [-0.15, -0.1) is 11.3 Å². The number of nitrogens with zero attached hydrogens (tertiary/aromatic N) is 2. The Balaban J connectivity index is 1.53. The third-order valence-electron chi connectivity index (χ3n) is 3.37. The van der Waals surface area contributed by atoms with E-state index >= 15 is 0 Å². The molecule has 23 heavy (non-hydrogen) atoms. The van der Waals surface area contributed by atoms with Gasteiger partial charge in [0.15, 0.2) is 5.13 Å². The van der Waals surface area contributed by atoms with Crippen LogP contribution < -0.4 is 10.6 Å². The van der Waals surface area contributed by atoms with Crippen molar-refractivity contribution in [1.82, 2.24) is 4.98 Å². The Morgan fingerprint density at radius 3 is 2.65 bits per heavy atom. The van der Waals surface area contributed by atoms with Crippen LogP contribution in [-0.2, 0) is 16.0 Å². The Kier molecular flexibility index (Phi) is 4.35. The number of carbonyl (C=O) groups is 2. The van der Waals surface area contributed by atoms with Crippen molar-refractivity contribution in [2.45, 2.75) is 19.3 Å². The highest BCUT2D eigenvalue weighted by atomic mass is 32.1. The molecule has 1 aliphatic carbocycles. The van der Waals surface area contributed by atoms with Crippen LogP contribution in [0.1, 0.15) is 24.1 Å². The van der Waals surface area contributed by atoms with E-state index in [9.17, 15) is 9.59 Å². The lowest BCUT2D eigenvalue weighted by molar-refractivity contribution is -0.117. The second-order valence-electron chi connectivity index (χ2n) is 5.32. The van der Waals surface area contributed by atoms with Crippen molar-refractivity contribution in [3.05, 3.63) is 40.9 Å². The van der Waals surface area contributed by atoms with Crippen molar-refractivity contribution >= 4 is 34.0 Å². The first-order valence-corrected chi connectivity index (χ1v) is 8.07. The van der Waals surface area contributed by atoms with Crippen molar-refractivity contribution in [2.75, 3.05) is 10.6 Å². The number of nitriles is 1. The molecule has 0 saturated heterocycles. The Bertz CT molecular complexity index is 772. The average Bonchev–Trinajstić information content (AvgIpc) is 3.31. The van der Waals surface area contributed by atoms with Gasteiger partial charge < -0.3 is 10.6 Å². The zero-order valence-corrected chi connectivity index (χ0v) is 13.0. The van der Waals surface area contributed by atoms with Crippen molar-refractivity contribution in [3.8, 4) is 6.07 Å². The summed E-state index contributed by atoms with van der Waals surface area (Å²) in [6.45, 7) is 0. The van der Waals surface area contributed by atoms with Gasteiger partial charge in [-0.2, -0.15) is 5.26 Å². The fraction of sp³-hybridized carbons (Fsp3) is 0.250. The predicted octanol–water partition coefficient (Wildman–Crippen LogP) is 2.54. The standard InChI is InChI=1S/C16H14N4O2S/c17-8-10-1-5-12(6-2-10)18-14(21)7-13-9-23-16(19-13)20-15(22)11-3-4-11/h1-2,5-6,9,11H,3-4,7H2,(H,18,21)(H,19,20,22). The summed E-state index contributed by atoms with van der Waals surface area (Å²) in [7, 11) is 0. The maximum Gasteiger partial charge on any atom is 0.230 e. The minimum atomic E-state index is -0.194. The van der Waals surface area contributed by atoms with Crippen molar-refractivity contribution in [2.24, 2.45) is 5.92 Å². The van der Waals surface area contributed by atoms with Crippen LogP contribution in [-0.4, -0.2) is 16.8 Å². The molecule has 1 heterocycles. The van der Waals surface area contributed by atoms with E-state index in [1.165, 1.54) is 11.3 Å². The number of amides is 2. The van der Waals surface area contributed by atoms with Crippen LogP contribution in [0.3, 0.4) is 0 Å². The Labute approximate surface area is 137 Å². The van der Waals surface area contributed by atoms with Gasteiger partial charge in [0, 0.05) is 17.0 Å². The third-order valence-corrected chi connectivity index (χ3v) is 4.18. The third kappa shape index (κ3) is 4.14. The van der Waals surface area contributed by atoms with Gasteiger partial charge in [0.25, 0.3) is 0 Å². The molecule has 116 valence electrons. The molecule has 2 amide bonds. The number of carbonyl (C=O) groups excluding carboxylic acids is 2. The summed E-state index contributed by atoms with van der Waals surface area (Å²) in [4.78, 5) is 27.9. The van der Waals surface area contributed by atoms with Crippen LogP contribution in [0, 0.1) is 17.2 Å². The van der Waals surface area contributed by atoms with Crippen LogP contribution >= 0.6 is 11.3 Å². The number of hydrogen-bond donors (Lipinski definition) is 2. The highest BCUT2D eigenvalue weighted by Gasteiger charge is 2.30. The highest BCUT2D eigenvalue weighted by molar-refractivity contribution is 7.13. The van der Waals surface area contributed by atoms with Gasteiger partial charge in [-0.05, 0) is 37.1 Å². The van der Waals surface area contributed by atoms with E-state index in [4.69, 9.17) is 5.26 Å². The van der Waals surface area contributed by atoms with Gasteiger partial charge >= 0.3 is 0 Å². The average molecular weight is 326 g/mol. The number of rotatable bonds is 5. The maximum absolute atomic E-state index is 12.0. The topological polar surface area (TPSA) is 94.9 Å². The second kappa shape index (κ2) is 6.58. The molecular formula is C16H14N4O2S. The largest absolute Gasteiger partial charge is 0.326 e. The van der Waals surface area contributed by atoms with Gasteiger partial charge in [0.05, 0.1) is 23.7 Å². The predicted molar refractivity (Wildman–Crippen MR) is 87.0 cm³/mol. The molecule has 1 aliphatic rings. The Morgan fingerprint density at radius 2 is 2.00 bits per heavy atom. The molecule has 0 atom stereocenters. The molecule has 0 bridgehead atoms. The molecule has 3 rings (SSSR count). The van der Waals surface area contributed by atoms with Crippen molar-refractivity contribution in [3.63, 3.8) is 0 Å². The summed E-state index contributed by atoms with van der Waals surface area (Å²) in [6, 6.07) is 8.67. The molecule has 2 aromatic rings. The minimum absolute atomic E-state index is 0.00735. The van der Waals surface area contributed by atoms with Gasteiger partial charge in [-0.3, -0.25) is 9.59 Å². The van der Waals surface area contributed by atoms with E-state index in [-0.39, 0.29) is 24.2 Å². The van der Waals surface area contributed by atoms with E-state index in [2.05, 4.69) is 15.6 Å². The molecule has 1 aromatic heterocycles. The van der Waals surface area contributed by atoms with Crippen LogP contribution in [0.2, 0.25) is 0 Å². The molecular weight excluding hydrogens is 312 g/mol. The Morgan fingerprint density at radius 1 is 1.26 bits per heavy atom. The fourth-order valence-corrected chi connectivity index (χ4v) is 2.71. The molecule has 6 nitrogen and oxygen atoms in total. The number of thiazole rings is 1. The zero-order chi connectivity index (χ0) is 16.2. The summed E-state index contributed by atoms with van der Waals surface area (Å²) in [6.07, 6.45) is 2.02. The maximum atomic E-state index is 12.0. The number of hydrogen-bond acceptors (Lipinski definition) is 5. The van der Waals surface area contributed by atoms with Gasteiger partial charge in [0.1, 0.15) is 0 Å². The van der Waals surface area contributed by atoms with Crippen LogP contribution in [0.15, 0.2) is 29.6 Å². The van der Waals surface area contributed by atoms with Gasteiger partial charge in [-0.25, -0.2) is 4.98 Å². The number of nitrogens with one attached hydrogen (secondary N) is 2. The first-order chi connectivity index (χ1) is 11.1. The van der Waals surface area contributed by atoms with Crippen molar-refractivity contribution in [1.29, 1.82) is 5.26 Å². The summed E-state index contributed by atoms with van der Waals surface area (Å²) in [5.41, 5.74) is 1.79. The summed E-state index contributed by atoms with van der Waals surface area (Å²) in [5, 5.41) is 16.5. The van der Waals surface area contributed by atoms with Crippen LogP contribution in [0.5, 0.6) is 0 Å². The SMILES string of the molecule is N#Cc1ccc(NC(=O)Cc2csc(NC(=O)C3CC3)n2)cc1. The molecule has 1 aromatic carbocycles. The van der Waals surface area contributed by atoms with Gasteiger partial charge in [0.2, 0.25) is 11.8 Å². The quantitative estimate of drug-likeness (QED) is 0.882.